The van der Waals surface area contributed by atoms with Crippen LogP contribution in [0, 0.1) is 0 Å². The Hall–Kier alpha value is -0.410. The van der Waals surface area contributed by atoms with Crippen molar-refractivity contribution in [2.24, 2.45) is 0 Å². The van der Waals surface area contributed by atoms with Crippen molar-refractivity contribution in [2.45, 2.75) is 58.0 Å². The highest BCUT2D eigenvalue weighted by Crippen LogP contribution is 2.29. The van der Waals surface area contributed by atoms with Gasteiger partial charge in [-0.2, -0.15) is 0 Å². The molecule has 2 nitrogen and oxygen atoms in total. The average Bonchev–Trinajstić information content (AvgIpc) is 2.89. The topological polar surface area (TPSA) is 24.9 Å². The molecule has 1 aliphatic carbocycles. The molecular weight excluding hydrogens is 204 g/mol. The van der Waals surface area contributed by atoms with Crippen LogP contribution < -0.4 is 5.32 Å². The third kappa shape index (κ3) is 2.79. The van der Waals surface area contributed by atoms with Gasteiger partial charge in [-0.25, -0.2) is 4.98 Å². The summed E-state index contributed by atoms with van der Waals surface area (Å²) in [5.74, 6) is 0.549. The smallest absolute Gasteiger partial charge is 0.110 e. The molecule has 3 heteroatoms. The molecule has 1 aromatic heterocycles. The van der Waals surface area contributed by atoms with Gasteiger partial charge >= 0.3 is 0 Å². The summed E-state index contributed by atoms with van der Waals surface area (Å²) >= 11 is 1.81. The van der Waals surface area contributed by atoms with Gasteiger partial charge in [-0.15, -0.1) is 11.3 Å². The van der Waals surface area contributed by atoms with Crippen LogP contribution in [0.2, 0.25) is 0 Å². The molecule has 1 fully saturated rings. The van der Waals surface area contributed by atoms with E-state index in [9.17, 15) is 0 Å². The molecule has 2 rings (SSSR count). The third-order valence-electron chi connectivity index (χ3n) is 2.85. The monoisotopic (exact) mass is 224 g/mol. The molecule has 0 aliphatic heterocycles. The summed E-state index contributed by atoms with van der Waals surface area (Å²) in [6.45, 7) is 6.64. The van der Waals surface area contributed by atoms with Crippen molar-refractivity contribution in [3.8, 4) is 0 Å². The standard InChI is InChI=1S/C12H20N2S/c1-4-10(13-9-5-6-9)12-14-11(7-15-12)8(2)3/h7-10,13H,4-6H2,1-3H3. The van der Waals surface area contributed by atoms with Crippen LogP contribution in [0.3, 0.4) is 0 Å². The lowest BCUT2D eigenvalue weighted by molar-refractivity contribution is 0.512. The second-order valence-electron chi connectivity index (χ2n) is 4.67. The van der Waals surface area contributed by atoms with E-state index in [2.05, 4.69) is 31.5 Å². The van der Waals surface area contributed by atoms with Crippen molar-refractivity contribution in [2.75, 3.05) is 0 Å². The predicted molar refractivity (Wildman–Crippen MR) is 65.4 cm³/mol. The lowest BCUT2D eigenvalue weighted by atomic mass is 10.1. The maximum absolute atomic E-state index is 4.72. The van der Waals surface area contributed by atoms with Crippen LogP contribution in [-0.2, 0) is 0 Å². The number of rotatable bonds is 5. The second kappa shape index (κ2) is 4.62. The maximum Gasteiger partial charge on any atom is 0.110 e. The summed E-state index contributed by atoms with van der Waals surface area (Å²) in [7, 11) is 0. The number of hydrogen-bond acceptors (Lipinski definition) is 3. The predicted octanol–water partition coefficient (Wildman–Crippen LogP) is 3.47. The summed E-state index contributed by atoms with van der Waals surface area (Å²) in [5, 5.41) is 7.13. The first-order chi connectivity index (χ1) is 7.20. The molecule has 1 atom stereocenters. The minimum absolute atomic E-state index is 0.481. The van der Waals surface area contributed by atoms with E-state index in [4.69, 9.17) is 4.98 Å². The summed E-state index contributed by atoms with van der Waals surface area (Å²) in [5.41, 5.74) is 1.24. The molecule has 1 aliphatic rings. The van der Waals surface area contributed by atoms with Gasteiger partial charge in [0.05, 0.1) is 11.7 Å². The summed E-state index contributed by atoms with van der Waals surface area (Å²) in [4.78, 5) is 4.72. The number of nitrogens with zero attached hydrogens (tertiary/aromatic N) is 1. The molecule has 0 radical (unpaired) electrons. The largest absolute Gasteiger partial charge is 0.305 e. The van der Waals surface area contributed by atoms with Crippen molar-refractivity contribution in [3.63, 3.8) is 0 Å². The summed E-state index contributed by atoms with van der Waals surface area (Å²) < 4.78 is 0. The molecular formula is C12H20N2S. The number of hydrogen-bond donors (Lipinski definition) is 1. The summed E-state index contributed by atoms with van der Waals surface area (Å²) in [6.07, 6.45) is 3.83. The molecule has 1 saturated carbocycles. The minimum Gasteiger partial charge on any atom is -0.305 e. The van der Waals surface area contributed by atoms with Gasteiger partial charge in [-0.3, -0.25) is 0 Å². The van der Waals surface area contributed by atoms with E-state index in [1.54, 1.807) is 11.3 Å². The molecule has 1 N–H and O–H groups in total. The van der Waals surface area contributed by atoms with E-state index in [0.717, 1.165) is 12.5 Å². The first kappa shape index (κ1) is 11.1. The highest BCUT2D eigenvalue weighted by atomic mass is 32.1. The fourth-order valence-corrected chi connectivity index (χ4v) is 2.75. The molecule has 84 valence electrons. The van der Waals surface area contributed by atoms with Crippen LogP contribution >= 0.6 is 11.3 Å². The van der Waals surface area contributed by atoms with E-state index in [-0.39, 0.29) is 0 Å². The lowest BCUT2D eigenvalue weighted by Crippen LogP contribution is -2.22. The quantitative estimate of drug-likeness (QED) is 0.828. The Labute approximate surface area is 96.1 Å². The first-order valence-electron chi connectivity index (χ1n) is 5.92. The fourth-order valence-electron chi connectivity index (χ4n) is 1.62. The molecule has 0 spiro atoms. The molecule has 0 aromatic carbocycles. The first-order valence-corrected chi connectivity index (χ1v) is 6.80. The number of nitrogens with one attached hydrogen (secondary N) is 1. The van der Waals surface area contributed by atoms with Crippen molar-refractivity contribution in [1.29, 1.82) is 0 Å². The Bertz CT molecular complexity index is 315. The highest BCUT2D eigenvalue weighted by Gasteiger charge is 2.25. The average molecular weight is 224 g/mol. The maximum atomic E-state index is 4.72. The zero-order chi connectivity index (χ0) is 10.8. The van der Waals surface area contributed by atoms with Crippen molar-refractivity contribution < 1.29 is 0 Å². The fraction of sp³-hybridized carbons (Fsp3) is 0.750. The normalized spacial score (nSPS) is 18.4. The van der Waals surface area contributed by atoms with Gasteiger partial charge in [-0.1, -0.05) is 20.8 Å². The molecule has 0 bridgehead atoms. The van der Waals surface area contributed by atoms with Gasteiger partial charge in [0.1, 0.15) is 5.01 Å². The summed E-state index contributed by atoms with van der Waals surface area (Å²) in [6, 6.07) is 1.25. The lowest BCUT2D eigenvalue weighted by Gasteiger charge is -2.13. The van der Waals surface area contributed by atoms with Gasteiger partial charge in [0, 0.05) is 11.4 Å². The van der Waals surface area contributed by atoms with Crippen molar-refractivity contribution >= 4 is 11.3 Å². The SMILES string of the molecule is CCC(NC1CC1)c1nc(C(C)C)cs1. The zero-order valence-electron chi connectivity index (χ0n) is 9.79. The highest BCUT2D eigenvalue weighted by molar-refractivity contribution is 7.09. The van der Waals surface area contributed by atoms with E-state index in [0.29, 0.717) is 12.0 Å². The molecule has 15 heavy (non-hydrogen) atoms. The molecule has 1 heterocycles. The zero-order valence-corrected chi connectivity index (χ0v) is 10.6. The van der Waals surface area contributed by atoms with Gasteiger partial charge in [0.15, 0.2) is 0 Å². The Kier molecular flexibility index (Phi) is 3.42. The van der Waals surface area contributed by atoms with Crippen LogP contribution in [0.5, 0.6) is 0 Å². The second-order valence-corrected chi connectivity index (χ2v) is 5.56. The van der Waals surface area contributed by atoms with E-state index in [1.807, 2.05) is 0 Å². The van der Waals surface area contributed by atoms with Crippen LogP contribution in [0.25, 0.3) is 0 Å². The van der Waals surface area contributed by atoms with Gasteiger partial charge in [0.25, 0.3) is 0 Å². The van der Waals surface area contributed by atoms with E-state index >= 15 is 0 Å². The van der Waals surface area contributed by atoms with Crippen LogP contribution in [0.1, 0.15) is 62.7 Å². The molecule has 1 unspecified atom stereocenters. The van der Waals surface area contributed by atoms with E-state index in [1.165, 1.54) is 23.5 Å². The van der Waals surface area contributed by atoms with Gasteiger partial charge in [-0.05, 0) is 25.2 Å². The van der Waals surface area contributed by atoms with E-state index < -0.39 is 0 Å². The van der Waals surface area contributed by atoms with Crippen molar-refractivity contribution in [1.82, 2.24) is 10.3 Å². The number of aromatic nitrogens is 1. The molecule has 0 saturated heterocycles. The van der Waals surface area contributed by atoms with Gasteiger partial charge < -0.3 is 5.32 Å². The third-order valence-corrected chi connectivity index (χ3v) is 3.83. The molecule has 1 aromatic rings. The van der Waals surface area contributed by atoms with Crippen LogP contribution in [0.4, 0.5) is 0 Å². The minimum atomic E-state index is 0.481. The Balaban J connectivity index is 2.04. The number of thiazole rings is 1. The van der Waals surface area contributed by atoms with Crippen LogP contribution in [-0.4, -0.2) is 11.0 Å². The van der Waals surface area contributed by atoms with Crippen LogP contribution in [0.15, 0.2) is 5.38 Å². The van der Waals surface area contributed by atoms with Gasteiger partial charge in [0.2, 0.25) is 0 Å². The Morgan fingerprint density at radius 1 is 1.53 bits per heavy atom. The Morgan fingerprint density at radius 2 is 2.27 bits per heavy atom. The van der Waals surface area contributed by atoms with Crippen molar-refractivity contribution in [3.05, 3.63) is 16.1 Å². The Morgan fingerprint density at radius 3 is 2.73 bits per heavy atom. The molecule has 0 amide bonds.